The molecular formula is C30H38N2O5S. The molecule has 0 bridgehead atoms. The average Bonchev–Trinajstić information content (AvgIpc) is 2.92. The van der Waals surface area contributed by atoms with Crippen LogP contribution < -0.4 is 4.90 Å². The largest absolute Gasteiger partial charge is 0.378 e. The van der Waals surface area contributed by atoms with Crippen molar-refractivity contribution in [3.05, 3.63) is 95.6 Å². The number of carbonyl (C=O) groups is 1. The van der Waals surface area contributed by atoms with Crippen molar-refractivity contribution in [1.82, 2.24) is 4.90 Å². The summed E-state index contributed by atoms with van der Waals surface area (Å²) in [5, 5.41) is 0. The fraction of sp³-hybridized carbons (Fsp3) is 0.367. The molecule has 4 rings (SSSR count). The number of nitrogens with zero attached hydrogens (tertiary/aromatic N) is 2. The lowest BCUT2D eigenvalue weighted by Gasteiger charge is -2.38. The quantitative estimate of drug-likeness (QED) is 0.322. The summed E-state index contributed by atoms with van der Waals surface area (Å²) in [5.74, 6) is 0.187. The number of Topliss-reactive ketones (excluding diaryl/α,β-unsaturated/α-hetero) is 1. The number of hydrogen-bond acceptors (Lipinski definition) is 6. The Labute approximate surface area is 226 Å². The van der Waals surface area contributed by atoms with Crippen LogP contribution in [0.4, 0.5) is 5.69 Å². The van der Waals surface area contributed by atoms with Crippen molar-refractivity contribution in [3.8, 4) is 0 Å². The Morgan fingerprint density at radius 3 is 2.03 bits per heavy atom. The number of benzene rings is 3. The Hall–Kier alpha value is -3.04. The molecule has 1 atom stereocenters. The molecule has 1 aliphatic rings. The number of anilines is 1. The Balaban J connectivity index is 0.000000304. The molecule has 3 aromatic rings. The van der Waals surface area contributed by atoms with Crippen LogP contribution in [0.25, 0.3) is 0 Å². The molecule has 1 N–H and O–H groups in total. The summed E-state index contributed by atoms with van der Waals surface area (Å²) in [6.07, 6.45) is 1.47. The lowest BCUT2D eigenvalue weighted by atomic mass is 9.80. The Morgan fingerprint density at radius 2 is 1.53 bits per heavy atom. The number of carbonyl (C=O) groups excluding carboxylic acids is 1. The molecule has 1 fully saturated rings. The van der Waals surface area contributed by atoms with E-state index in [4.69, 9.17) is 9.29 Å². The van der Waals surface area contributed by atoms with E-state index in [0.29, 0.717) is 6.42 Å². The standard InChI is InChI=1S/C23H30N2O2.C7H8O3S/c1-4-23(24(2)3,18-19-8-6-5-7-9-19)22(26)20-10-12-21(13-11-20)25-14-16-27-17-15-25;1-6-2-4-7(5-3-6)11(8,9)10/h5-13H,4,14-18H2,1-3H3;2-5H,1H3,(H,8,9,10). The average molecular weight is 539 g/mol. The zero-order valence-electron chi connectivity index (χ0n) is 22.6. The van der Waals surface area contributed by atoms with Gasteiger partial charge in [0.1, 0.15) is 0 Å². The zero-order valence-corrected chi connectivity index (χ0v) is 23.4. The van der Waals surface area contributed by atoms with Crippen molar-refractivity contribution < 1.29 is 22.5 Å². The van der Waals surface area contributed by atoms with Gasteiger partial charge in [0.15, 0.2) is 5.78 Å². The van der Waals surface area contributed by atoms with Crippen LogP contribution in [0.3, 0.4) is 0 Å². The van der Waals surface area contributed by atoms with E-state index in [9.17, 15) is 13.2 Å². The summed E-state index contributed by atoms with van der Waals surface area (Å²) in [6, 6.07) is 24.4. The van der Waals surface area contributed by atoms with Gasteiger partial charge in [-0.05, 0) is 75.8 Å². The first kappa shape index (κ1) is 29.5. The van der Waals surface area contributed by atoms with Crippen LogP contribution in [-0.2, 0) is 21.3 Å². The van der Waals surface area contributed by atoms with Crippen LogP contribution in [-0.4, -0.2) is 69.6 Å². The predicted octanol–water partition coefficient (Wildman–Crippen LogP) is 4.90. The summed E-state index contributed by atoms with van der Waals surface area (Å²) in [5.41, 5.74) is 3.54. The van der Waals surface area contributed by atoms with E-state index in [1.165, 1.54) is 17.7 Å². The molecule has 204 valence electrons. The van der Waals surface area contributed by atoms with Crippen LogP contribution in [0.5, 0.6) is 0 Å². The Kier molecular flexibility index (Phi) is 10.2. The van der Waals surface area contributed by atoms with Gasteiger partial charge in [-0.3, -0.25) is 14.2 Å². The van der Waals surface area contributed by atoms with E-state index in [2.05, 4.69) is 41.0 Å². The fourth-order valence-electron chi connectivity index (χ4n) is 4.60. The Bertz CT molecular complexity index is 1270. The molecule has 3 aromatic carbocycles. The van der Waals surface area contributed by atoms with E-state index >= 15 is 0 Å². The first-order valence-electron chi connectivity index (χ1n) is 12.8. The minimum atomic E-state index is -4.02. The maximum absolute atomic E-state index is 13.6. The van der Waals surface area contributed by atoms with Crippen molar-refractivity contribution in [2.45, 2.75) is 37.1 Å². The monoisotopic (exact) mass is 538 g/mol. The van der Waals surface area contributed by atoms with Crippen LogP contribution in [0, 0.1) is 6.92 Å². The summed E-state index contributed by atoms with van der Waals surface area (Å²) in [6.45, 7) is 7.27. The maximum atomic E-state index is 13.6. The van der Waals surface area contributed by atoms with Crippen LogP contribution in [0.15, 0.2) is 83.8 Å². The maximum Gasteiger partial charge on any atom is 0.294 e. The number of ketones is 1. The minimum absolute atomic E-state index is 0.0666. The summed E-state index contributed by atoms with van der Waals surface area (Å²) in [4.78, 5) is 17.9. The lowest BCUT2D eigenvalue weighted by Crippen LogP contribution is -2.52. The van der Waals surface area contributed by atoms with E-state index in [-0.39, 0.29) is 10.7 Å². The number of ether oxygens (including phenoxy) is 1. The smallest absolute Gasteiger partial charge is 0.294 e. The van der Waals surface area contributed by atoms with Crippen molar-refractivity contribution in [2.24, 2.45) is 0 Å². The van der Waals surface area contributed by atoms with E-state index in [1.54, 1.807) is 12.1 Å². The molecule has 0 spiro atoms. The molecule has 38 heavy (non-hydrogen) atoms. The third-order valence-corrected chi connectivity index (χ3v) is 7.90. The molecule has 1 saturated heterocycles. The third kappa shape index (κ3) is 7.51. The highest BCUT2D eigenvalue weighted by Crippen LogP contribution is 2.29. The molecule has 1 unspecified atom stereocenters. The second-order valence-corrected chi connectivity index (χ2v) is 11.1. The molecule has 1 heterocycles. The van der Waals surface area contributed by atoms with Crippen molar-refractivity contribution >= 4 is 21.6 Å². The van der Waals surface area contributed by atoms with Gasteiger partial charge in [-0.15, -0.1) is 0 Å². The van der Waals surface area contributed by atoms with Crippen molar-refractivity contribution in [2.75, 3.05) is 45.3 Å². The van der Waals surface area contributed by atoms with Crippen LogP contribution in [0.1, 0.15) is 34.8 Å². The van der Waals surface area contributed by atoms with Gasteiger partial charge in [0.2, 0.25) is 0 Å². The van der Waals surface area contributed by atoms with Gasteiger partial charge >= 0.3 is 0 Å². The fourth-order valence-corrected chi connectivity index (χ4v) is 5.08. The number of rotatable bonds is 8. The van der Waals surface area contributed by atoms with Crippen LogP contribution in [0.2, 0.25) is 0 Å². The number of likely N-dealkylation sites (N-methyl/N-ethyl adjacent to an activating group) is 1. The van der Waals surface area contributed by atoms with Crippen LogP contribution >= 0.6 is 0 Å². The molecule has 0 radical (unpaired) electrons. The highest BCUT2D eigenvalue weighted by Gasteiger charge is 2.39. The highest BCUT2D eigenvalue weighted by molar-refractivity contribution is 7.85. The summed E-state index contributed by atoms with van der Waals surface area (Å²) in [7, 11) is -0.00680. The molecule has 0 amide bonds. The molecule has 0 aromatic heterocycles. The van der Waals surface area contributed by atoms with Gasteiger partial charge in [0.05, 0.1) is 23.6 Å². The predicted molar refractivity (Wildman–Crippen MR) is 152 cm³/mol. The first-order valence-corrected chi connectivity index (χ1v) is 14.2. The van der Waals surface area contributed by atoms with Gasteiger partial charge in [-0.2, -0.15) is 8.42 Å². The number of aryl methyl sites for hydroxylation is 1. The third-order valence-electron chi connectivity index (χ3n) is 7.03. The van der Waals surface area contributed by atoms with Crippen molar-refractivity contribution in [3.63, 3.8) is 0 Å². The van der Waals surface area contributed by atoms with Gasteiger partial charge in [-0.25, -0.2) is 0 Å². The normalized spacial score (nSPS) is 15.4. The number of hydrogen-bond donors (Lipinski definition) is 1. The molecule has 0 aliphatic carbocycles. The van der Waals surface area contributed by atoms with Gasteiger partial charge in [0, 0.05) is 24.3 Å². The van der Waals surface area contributed by atoms with E-state index in [1.807, 2.05) is 51.4 Å². The second kappa shape index (κ2) is 13.2. The number of morpholine rings is 1. The summed E-state index contributed by atoms with van der Waals surface area (Å²) >= 11 is 0. The molecule has 0 saturated carbocycles. The van der Waals surface area contributed by atoms with Gasteiger partial charge in [-0.1, -0.05) is 55.0 Å². The topological polar surface area (TPSA) is 87.2 Å². The van der Waals surface area contributed by atoms with Gasteiger partial charge in [0.25, 0.3) is 10.1 Å². The SMILES string of the molecule is CCC(Cc1ccccc1)(C(=O)c1ccc(N2CCOCC2)cc1)N(C)C.Cc1ccc(S(=O)(=O)O)cc1. The molecular weight excluding hydrogens is 500 g/mol. The van der Waals surface area contributed by atoms with E-state index < -0.39 is 15.7 Å². The Morgan fingerprint density at radius 1 is 0.947 bits per heavy atom. The van der Waals surface area contributed by atoms with E-state index in [0.717, 1.165) is 49.5 Å². The molecule has 1 aliphatic heterocycles. The summed E-state index contributed by atoms with van der Waals surface area (Å²) < 4.78 is 35.0. The zero-order chi connectivity index (χ0) is 27.8. The minimum Gasteiger partial charge on any atom is -0.378 e. The van der Waals surface area contributed by atoms with Crippen molar-refractivity contribution in [1.29, 1.82) is 0 Å². The molecule has 7 nitrogen and oxygen atoms in total. The molecule has 8 heteroatoms. The van der Waals surface area contributed by atoms with Gasteiger partial charge < -0.3 is 9.64 Å². The highest BCUT2D eigenvalue weighted by atomic mass is 32.2. The lowest BCUT2D eigenvalue weighted by molar-refractivity contribution is 0.0666. The second-order valence-electron chi connectivity index (χ2n) is 9.71. The first-order chi connectivity index (χ1) is 18.1.